The second-order valence-electron chi connectivity index (χ2n) is 4.37. The van der Waals surface area contributed by atoms with Crippen molar-refractivity contribution >= 4 is 17.7 Å². The molecule has 4 heteroatoms. The molecule has 2 atom stereocenters. The molecule has 0 radical (unpaired) electrons. The molecule has 0 saturated carbocycles. The van der Waals surface area contributed by atoms with Crippen molar-refractivity contribution in [2.24, 2.45) is 5.73 Å². The molecule has 0 aromatic rings. The third-order valence-electron chi connectivity index (χ3n) is 2.92. The fourth-order valence-electron chi connectivity index (χ4n) is 1.81. The van der Waals surface area contributed by atoms with Crippen LogP contribution in [-0.2, 0) is 4.79 Å². The van der Waals surface area contributed by atoms with Crippen LogP contribution in [0.2, 0.25) is 0 Å². The van der Waals surface area contributed by atoms with Crippen molar-refractivity contribution in [3.63, 3.8) is 0 Å². The van der Waals surface area contributed by atoms with Gasteiger partial charge in [-0.05, 0) is 19.1 Å². The van der Waals surface area contributed by atoms with Gasteiger partial charge in [-0.15, -0.1) is 0 Å². The van der Waals surface area contributed by atoms with Crippen molar-refractivity contribution in [3.8, 4) is 0 Å². The number of aliphatic carboxylic acids is 1. The van der Waals surface area contributed by atoms with Crippen LogP contribution in [0.5, 0.6) is 0 Å². The molecular weight excluding hydrogens is 222 g/mol. The van der Waals surface area contributed by atoms with E-state index in [9.17, 15) is 4.79 Å². The average Bonchev–Trinajstić information content (AvgIpc) is 2.23. The van der Waals surface area contributed by atoms with Crippen molar-refractivity contribution in [1.82, 2.24) is 0 Å². The summed E-state index contributed by atoms with van der Waals surface area (Å²) < 4.78 is -0.325. The number of hydrogen-bond donors (Lipinski definition) is 2. The minimum Gasteiger partial charge on any atom is -0.480 e. The van der Waals surface area contributed by atoms with Crippen LogP contribution in [0.4, 0.5) is 0 Å². The van der Waals surface area contributed by atoms with Gasteiger partial charge in [0.1, 0.15) is 6.04 Å². The summed E-state index contributed by atoms with van der Waals surface area (Å²) in [4.78, 5) is 11.0. The van der Waals surface area contributed by atoms with E-state index >= 15 is 0 Å². The molecule has 2 unspecified atom stereocenters. The number of carboxylic acids is 1. The molecule has 0 saturated heterocycles. The molecule has 0 aliphatic rings. The lowest BCUT2D eigenvalue weighted by atomic mass is 9.94. The maximum atomic E-state index is 11.0. The van der Waals surface area contributed by atoms with Crippen LogP contribution in [0.15, 0.2) is 0 Å². The lowest BCUT2D eigenvalue weighted by molar-refractivity contribution is -0.139. The maximum Gasteiger partial charge on any atom is 0.321 e. The fourth-order valence-corrected chi connectivity index (χ4v) is 3.04. The third kappa shape index (κ3) is 5.21. The van der Waals surface area contributed by atoms with Crippen LogP contribution in [-0.4, -0.2) is 27.6 Å². The van der Waals surface area contributed by atoms with Crippen LogP contribution in [0, 0.1) is 0 Å². The predicted molar refractivity (Wildman–Crippen MR) is 70.9 cm³/mol. The summed E-state index contributed by atoms with van der Waals surface area (Å²) in [6, 6.07) is -0.765. The summed E-state index contributed by atoms with van der Waals surface area (Å²) in [6.45, 7) is 6.19. The van der Waals surface area contributed by atoms with Gasteiger partial charge in [-0.3, -0.25) is 4.79 Å². The van der Waals surface area contributed by atoms with E-state index < -0.39 is 12.0 Å². The van der Waals surface area contributed by atoms with Gasteiger partial charge in [0.25, 0.3) is 0 Å². The summed E-state index contributed by atoms with van der Waals surface area (Å²) in [7, 11) is 0. The SMILES string of the molecule is CCCCCCC(C)(SCC)C(N)C(=O)O. The summed E-state index contributed by atoms with van der Waals surface area (Å²) >= 11 is 1.67. The van der Waals surface area contributed by atoms with Crippen LogP contribution in [0.1, 0.15) is 52.9 Å². The van der Waals surface area contributed by atoms with E-state index in [-0.39, 0.29) is 4.75 Å². The third-order valence-corrected chi connectivity index (χ3v) is 4.33. The van der Waals surface area contributed by atoms with Crippen LogP contribution < -0.4 is 5.73 Å². The molecule has 0 aliphatic heterocycles. The van der Waals surface area contributed by atoms with Gasteiger partial charge in [-0.1, -0.05) is 39.5 Å². The Morgan fingerprint density at radius 3 is 2.44 bits per heavy atom. The smallest absolute Gasteiger partial charge is 0.321 e. The zero-order valence-corrected chi connectivity index (χ0v) is 11.5. The van der Waals surface area contributed by atoms with Crippen molar-refractivity contribution in [3.05, 3.63) is 0 Å². The number of thioether (sulfide) groups is 1. The minimum atomic E-state index is -0.890. The van der Waals surface area contributed by atoms with Crippen molar-refractivity contribution in [1.29, 1.82) is 0 Å². The number of carboxylic acid groups (broad SMARTS) is 1. The highest BCUT2D eigenvalue weighted by Crippen LogP contribution is 2.33. The largest absolute Gasteiger partial charge is 0.480 e. The second kappa shape index (κ2) is 7.96. The van der Waals surface area contributed by atoms with E-state index in [4.69, 9.17) is 10.8 Å². The maximum absolute atomic E-state index is 11.0. The van der Waals surface area contributed by atoms with E-state index in [0.29, 0.717) is 0 Å². The molecular formula is C12H25NO2S. The Kier molecular flexibility index (Phi) is 7.85. The lowest BCUT2D eigenvalue weighted by Gasteiger charge is -2.32. The Bertz CT molecular complexity index is 211. The van der Waals surface area contributed by atoms with Crippen LogP contribution in [0.25, 0.3) is 0 Å². The van der Waals surface area contributed by atoms with Crippen molar-refractivity contribution in [2.75, 3.05) is 5.75 Å². The fraction of sp³-hybridized carbons (Fsp3) is 0.917. The number of carbonyl (C=O) groups is 1. The number of nitrogens with two attached hydrogens (primary N) is 1. The average molecular weight is 247 g/mol. The first-order chi connectivity index (χ1) is 7.48. The molecule has 0 aromatic heterocycles. The molecule has 0 amide bonds. The monoisotopic (exact) mass is 247 g/mol. The first-order valence-corrected chi connectivity index (χ1v) is 7.08. The first-order valence-electron chi connectivity index (χ1n) is 6.10. The topological polar surface area (TPSA) is 63.3 Å². The van der Waals surface area contributed by atoms with E-state index in [1.165, 1.54) is 19.3 Å². The Morgan fingerprint density at radius 2 is 2.00 bits per heavy atom. The molecule has 0 rings (SSSR count). The summed E-state index contributed by atoms with van der Waals surface area (Å²) in [5, 5.41) is 9.01. The highest BCUT2D eigenvalue weighted by molar-refractivity contribution is 8.00. The first kappa shape index (κ1) is 15.8. The Balaban J connectivity index is 4.26. The summed E-state index contributed by atoms with van der Waals surface area (Å²) in [5.41, 5.74) is 5.78. The molecule has 3 N–H and O–H groups in total. The predicted octanol–water partition coefficient (Wildman–Crippen LogP) is 2.88. The summed E-state index contributed by atoms with van der Waals surface area (Å²) in [5.74, 6) is 0.0181. The number of hydrogen-bond acceptors (Lipinski definition) is 3. The Morgan fingerprint density at radius 1 is 1.38 bits per heavy atom. The highest BCUT2D eigenvalue weighted by atomic mass is 32.2. The highest BCUT2D eigenvalue weighted by Gasteiger charge is 2.35. The normalized spacial score (nSPS) is 16.8. The quantitative estimate of drug-likeness (QED) is 0.615. The van der Waals surface area contributed by atoms with E-state index in [2.05, 4.69) is 6.92 Å². The molecule has 0 fully saturated rings. The zero-order valence-electron chi connectivity index (χ0n) is 10.7. The number of rotatable bonds is 9. The van der Waals surface area contributed by atoms with Gasteiger partial charge in [0.05, 0.1) is 0 Å². The molecule has 0 aromatic carbocycles. The van der Waals surface area contributed by atoms with Crippen molar-refractivity contribution in [2.45, 2.75) is 63.7 Å². The van der Waals surface area contributed by atoms with Gasteiger partial charge in [-0.25, -0.2) is 0 Å². The Hall–Kier alpha value is -0.220. The van der Waals surface area contributed by atoms with Gasteiger partial charge in [0, 0.05) is 4.75 Å². The molecule has 0 aliphatic carbocycles. The molecule has 0 spiro atoms. The Labute approximate surface area is 103 Å². The molecule has 0 bridgehead atoms. The van der Waals surface area contributed by atoms with Gasteiger partial charge >= 0.3 is 5.97 Å². The minimum absolute atomic E-state index is 0.325. The van der Waals surface area contributed by atoms with Crippen LogP contribution in [0.3, 0.4) is 0 Å². The van der Waals surface area contributed by atoms with Gasteiger partial charge in [0.15, 0.2) is 0 Å². The summed E-state index contributed by atoms with van der Waals surface area (Å²) in [6.07, 6.45) is 5.54. The van der Waals surface area contributed by atoms with E-state index in [1.54, 1.807) is 11.8 Å². The molecule has 3 nitrogen and oxygen atoms in total. The molecule has 0 heterocycles. The standard InChI is InChI=1S/C12H25NO2S/c1-4-6-7-8-9-12(3,16-5-2)10(13)11(14)15/h10H,4-9,13H2,1-3H3,(H,14,15). The lowest BCUT2D eigenvalue weighted by Crippen LogP contribution is -2.48. The molecule has 16 heavy (non-hydrogen) atoms. The molecule has 96 valence electrons. The number of unbranched alkanes of at least 4 members (excludes halogenated alkanes) is 3. The van der Waals surface area contributed by atoms with E-state index in [0.717, 1.165) is 18.6 Å². The van der Waals surface area contributed by atoms with Crippen LogP contribution >= 0.6 is 11.8 Å². The zero-order chi connectivity index (χ0) is 12.6. The van der Waals surface area contributed by atoms with Gasteiger partial charge < -0.3 is 10.8 Å². The second-order valence-corrected chi connectivity index (χ2v) is 6.17. The van der Waals surface area contributed by atoms with Gasteiger partial charge in [-0.2, -0.15) is 11.8 Å². The van der Waals surface area contributed by atoms with Crippen molar-refractivity contribution < 1.29 is 9.90 Å². The van der Waals surface area contributed by atoms with Gasteiger partial charge in [0.2, 0.25) is 0 Å². The van der Waals surface area contributed by atoms with E-state index in [1.807, 2.05) is 13.8 Å².